The zero-order valence-corrected chi connectivity index (χ0v) is 10.0. The van der Waals surface area contributed by atoms with Crippen molar-refractivity contribution in [3.63, 3.8) is 0 Å². The fourth-order valence-electron chi connectivity index (χ4n) is 1.38. The van der Waals surface area contributed by atoms with Gasteiger partial charge in [-0.2, -0.15) is 0 Å². The Balaban J connectivity index is 2.76. The van der Waals surface area contributed by atoms with Gasteiger partial charge < -0.3 is 10.3 Å². The highest BCUT2D eigenvalue weighted by molar-refractivity contribution is 7.91. The zero-order valence-electron chi connectivity index (χ0n) is 9.22. The number of hydrogen-bond donors (Lipinski definition) is 1. The molecule has 0 aliphatic heterocycles. The molecule has 90 valence electrons. The summed E-state index contributed by atoms with van der Waals surface area (Å²) in [5, 5.41) is 0. The Bertz CT molecular complexity index is 505. The van der Waals surface area contributed by atoms with Crippen LogP contribution in [0, 0.1) is 0 Å². The van der Waals surface area contributed by atoms with Crippen molar-refractivity contribution < 1.29 is 8.42 Å². The van der Waals surface area contributed by atoms with Crippen molar-refractivity contribution in [2.24, 2.45) is 0 Å². The van der Waals surface area contributed by atoms with Crippen LogP contribution in [-0.4, -0.2) is 24.5 Å². The number of nitrogens with zero attached hydrogens (tertiary/aromatic N) is 1. The van der Waals surface area contributed by atoms with Gasteiger partial charge in [-0.1, -0.05) is 6.92 Å². The first kappa shape index (κ1) is 12.8. The third-order valence-electron chi connectivity index (χ3n) is 2.21. The third-order valence-corrected chi connectivity index (χ3v) is 4.04. The van der Waals surface area contributed by atoms with Crippen LogP contribution >= 0.6 is 0 Å². The number of aryl methyl sites for hydroxylation is 1. The summed E-state index contributed by atoms with van der Waals surface area (Å²) < 4.78 is 24.2. The van der Waals surface area contributed by atoms with Crippen LogP contribution in [0.25, 0.3) is 0 Å². The van der Waals surface area contributed by atoms with E-state index in [0.717, 1.165) is 0 Å². The molecule has 1 aromatic rings. The van der Waals surface area contributed by atoms with Crippen LogP contribution in [0.3, 0.4) is 0 Å². The summed E-state index contributed by atoms with van der Waals surface area (Å²) in [6.45, 7) is 1.97. The first-order valence-corrected chi connectivity index (χ1v) is 6.94. The normalized spacial score (nSPS) is 11.6. The van der Waals surface area contributed by atoms with Gasteiger partial charge in [0.25, 0.3) is 5.56 Å². The summed E-state index contributed by atoms with van der Waals surface area (Å²) in [6, 6.07) is 3.13. The molecule has 0 aliphatic rings. The summed E-state index contributed by atoms with van der Waals surface area (Å²) in [7, 11) is -3.06. The minimum Gasteiger partial charge on any atom is -0.394 e. The molecule has 5 nitrogen and oxygen atoms in total. The molecule has 1 aromatic heterocycles. The summed E-state index contributed by atoms with van der Waals surface area (Å²) in [5.41, 5.74) is 5.23. The Morgan fingerprint density at radius 3 is 2.69 bits per heavy atom. The van der Waals surface area contributed by atoms with Crippen molar-refractivity contribution in [3.05, 3.63) is 28.7 Å². The van der Waals surface area contributed by atoms with Gasteiger partial charge in [-0.25, -0.2) is 8.42 Å². The Morgan fingerprint density at radius 2 is 2.06 bits per heavy atom. The van der Waals surface area contributed by atoms with Crippen molar-refractivity contribution >= 4 is 15.5 Å². The standard InChI is InChI=1S/C10H16N2O3S/c1-2-7-16(14,15)8-6-12-5-3-4-9(11)10(12)13/h3-5H,2,6-8,11H2,1H3. The Labute approximate surface area is 94.8 Å². The first-order chi connectivity index (χ1) is 7.46. The lowest BCUT2D eigenvalue weighted by atomic mass is 10.4. The average Bonchev–Trinajstić information content (AvgIpc) is 2.20. The van der Waals surface area contributed by atoms with Crippen LogP contribution in [0.2, 0.25) is 0 Å². The molecule has 16 heavy (non-hydrogen) atoms. The molecule has 0 bridgehead atoms. The number of hydrogen-bond acceptors (Lipinski definition) is 4. The predicted octanol–water partition coefficient (Wildman–Crippen LogP) is 0.255. The largest absolute Gasteiger partial charge is 0.394 e. The molecule has 6 heteroatoms. The van der Waals surface area contributed by atoms with Crippen molar-refractivity contribution in [1.82, 2.24) is 4.57 Å². The van der Waals surface area contributed by atoms with Crippen LogP contribution in [0.15, 0.2) is 23.1 Å². The second kappa shape index (κ2) is 5.16. The number of rotatable bonds is 5. The van der Waals surface area contributed by atoms with Crippen LogP contribution in [0.5, 0.6) is 0 Å². The quantitative estimate of drug-likeness (QED) is 0.805. The molecule has 2 N–H and O–H groups in total. The molecule has 0 aromatic carbocycles. The monoisotopic (exact) mass is 244 g/mol. The maximum Gasteiger partial charge on any atom is 0.273 e. The maximum absolute atomic E-state index is 11.5. The summed E-state index contributed by atoms with van der Waals surface area (Å²) in [5.74, 6) is 0.133. The number of sulfone groups is 1. The van der Waals surface area contributed by atoms with Gasteiger partial charge in [0.1, 0.15) is 0 Å². The Morgan fingerprint density at radius 1 is 1.38 bits per heavy atom. The molecule has 0 spiro atoms. The van der Waals surface area contributed by atoms with Gasteiger partial charge in [-0.15, -0.1) is 0 Å². The van der Waals surface area contributed by atoms with Crippen molar-refractivity contribution in [3.8, 4) is 0 Å². The third kappa shape index (κ3) is 3.37. The molecule has 0 aliphatic carbocycles. The van der Waals surface area contributed by atoms with Gasteiger partial charge in [-0.3, -0.25) is 4.79 Å². The van der Waals surface area contributed by atoms with E-state index in [-0.39, 0.29) is 29.3 Å². The smallest absolute Gasteiger partial charge is 0.273 e. The molecule has 0 saturated heterocycles. The highest BCUT2D eigenvalue weighted by Crippen LogP contribution is 1.97. The molecule has 1 heterocycles. The average molecular weight is 244 g/mol. The topological polar surface area (TPSA) is 82.2 Å². The van der Waals surface area contributed by atoms with E-state index in [0.29, 0.717) is 6.42 Å². The zero-order chi connectivity index (χ0) is 12.2. The van der Waals surface area contributed by atoms with Gasteiger partial charge in [0, 0.05) is 18.5 Å². The van der Waals surface area contributed by atoms with Gasteiger partial charge in [-0.05, 0) is 18.6 Å². The molecule has 0 unspecified atom stereocenters. The minimum absolute atomic E-state index is 0.0236. The summed E-state index contributed by atoms with van der Waals surface area (Å²) in [6.07, 6.45) is 2.13. The van der Waals surface area contributed by atoms with Gasteiger partial charge in [0.2, 0.25) is 0 Å². The van der Waals surface area contributed by atoms with Crippen LogP contribution in [-0.2, 0) is 16.4 Å². The Kier molecular flexibility index (Phi) is 4.12. The highest BCUT2D eigenvalue weighted by Gasteiger charge is 2.10. The van der Waals surface area contributed by atoms with Gasteiger partial charge in [0.15, 0.2) is 9.84 Å². The lowest BCUT2D eigenvalue weighted by Crippen LogP contribution is -2.26. The van der Waals surface area contributed by atoms with E-state index in [1.165, 1.54) is 10.6 Å². The molecular weight excluding hydrogens is 228 g/mol. The van der Waals surface area contributed by atoms with E-state index in [2.05, 4.69) is 0 Å². The second-order valence-electron chi connectivity index (χ2n) is 3.61. The van der Waals surface area contributed by atoms with Crippen molar-refractivity contribution in [2.45, 2.75) is 19.9 Å². The lowest BCUT2D eigenvalue weighted by molar-refractivity contribution is 0.586. The summed E-state index contributed by atoms with van der Waals surface area (Å²) >= 11 is 0. The van der Waals surface area contributed by atoms with E-state index in [1.54, 1.807) is 12.3 Å². The number of nitrogen functional groups attached to an aromatic ring is 1. The van der Waals surface area contributed by atoms with E-state index >= 15 is 0 Å². The molecule has 0 fully saturated rings. The molecule has 0 atom stereocenters. The molecular formula is C10H16N2O3S. The van der Waals surface area contributed by atoms with E-state index in [4.69, 9.17) is 5.73 Å². The second-order valence-corrected chi connectivity index (χ2v) is 5.92. The molecule has 0 saturated carbocycles. The number of nitrogens with two attached hydrogens (primary N) is 1. The summed E-state index contributed by atoms with van der Waals surface area (Å²) in [4.78, 5) is 11.5. The van der Waals surface area contributed by atoms with E-state index < -0.39 is 9.84 Å². The van der Waals surface area contributed by atoms with Crippen molar-refractivity contribution in [1.29, 1.82) is 0 Å². The SMILES string of the molecule is CCCS(=O)(=O)CCn1cccc(N)c1=O. The van der Waals surface area contributed by atoms with Gasteiger partial charge >= 0.3 is 0 Å². The van der Waals surface area contributed by atoms with Crippen LogP contribution < -0.4 is 11.3 Å². The number of aromatic nitrogens is 1. The highest BCUT2D eigenvalue weighted by atomic mass is 32.2. The van der Waals surface area contributed by atoms with E-state index in [9.17, 15) is 13.2 Å². The first-order valence-electron chi connectivity index (χ1n) is 5.11. The number of anilines is 1. The number of pyridine rings is 1. The predicted molar refractivity (Wildman–Crippen MR) is 64.1 cm³/mol. The van der Waals surface area contributed by atoms with Gasteiger partial charge in [0.05, 0.1) is 11.4 Å². The fourth-order valence-corrected chi connectivity index (χ4v) is 2.68. The van der Waals surface area contributed by atoms with Crippen LogP contribution in [0.4, 0.5) is 5.69 Å². The minimum atomic E-state index is -3.06. The lowest BCUT2D eigenvalue weighted by Gasteiger charge is -2.06. The van der Waals surface area contributed by atoms with E-state index in [1.807, 2.05) is 6.92 Å². The molecule has 0 amide bonds. The van der Waals surface area contributed by atoms with Crippen molar-refractivity contribution in [2.75, 3.05) is 17.2 Å². The molecule has 1 rings (SSSR count). The maximum atomic E-state index is 11.5. The Hall–Kier alpha value is -1.30. The molecule has 0 radical (unpaired) electrons. The fraction of sp³-hybridized carbons (Fsp3) is 0.500. The van der Waals surface area contributed by atoms with Crippen LogP contribution in [0.1, 0.15) is 13.3 Å².